The lowest BCUT2D eigenvalue weighted by Gasteiger charge is -2.18. The zero-order chi connectivity index (χ0) is 20.6. The fourth-order valence-electron chi connectivity index (χ4n) is 3.33. The first kappa shape index (κ1) is 19.6. The highest BCUT2D eigenvalue weighted by atomic mass is 32.2. The third-order valence-electron chi connectivity index (χ3n) is 4.88. The number of nitrogens with zero attached hydrogens (tertiary/aromatic N) is 3. The molecule has 1 saturated heterocycles. The minimum Gasteiger partial charge on any atom is -0.508 e. The molecule has 2 aromatic rings. The second kappa shape index (κ2) is 7.13. The van der Waals surface area contributed by atoms with E-state index in [1.54, 1.807) is 13.0 Å². The Labute approximate surface area is 161 Å². The van der Waals surface area contributed by atoms with E-state index in [1.807, 2.05) is 6.07 Å². The van der Waals surface area contributed by atoms with Crippen LogP contribution in [-0.2, 0) is 9.84 Å². The van der Waals surface area contributed by atoms with Crippen LogP contribution in [0.3, 0.4) is 0 Å². The van der Waals surface area contributed by atoms with Gasteiger partial charge in [-0.15, -0.1) is 0 Å². The summed E-state index contributed by atoms with van der Waals surface area (Å²) in [6, 6.07) is 5.71. The Morgan fingerprint density at radius 2 is 2.04 bits per heavy atom. The molecule has 28 heavy (non-hydrogen) atoms. The van der Waals surface area contributed by atoms with Gasteiger partial charge in [-0.3, -0.25) is 14.4 Å². The van der Waals surface area contributed by atoms with Gasteiger partial charge in [-0.2, -0.15) is 5.26 Å². The molecule has 9 heteroatoms. The molecule has 1 aliphatic rings. The van der Waals surface area contributed by atoms with E-state index in [1.165, 1.54) is 25.3 Å². The smallest absolute Gasteiger partial charge is 0.271 e. The normalized spacial score (nSPS) is 18.4. The Bertz CT molecular complexity index is 1190. The van der Waals surface area contributed by atoms with Crippen LogP contribution < -0.4 is 5.56 Å². The lowest BCUT2D eigenvalue weighted by Crippen LogP contribution is -2.29. The zero-order valence-corrected chi connectivity index (χ0v) is 16.2. The summed E-state index contributed by atoms with van der Waals surface area (Å²) in [7, 11) is -3.30. The minimum absolute atomic E-state index is 0.0740. The van der Waals surface area contributed by atoms with Crippen LogP contribution in [0.25, 0.3) is 0 Å². The van der Waals surface area contributed by atoms with Crippen molar-refractivity contribution in [2.75, 3.05) is 11.5 Å². The van der Waals surface area contributed by atoms with Crippen molar-refractivity contribution in [1.82, 2.24) is 4.57 Å². The Morgan fingerprint density at radius 1 is 1.32 bits per heavy atom. The number of hydrogen-bond donors (Lipinski definition) is 2. The monoisotopic (exact) mass is 401 g/mol. The average Bonchev–Trinajstić information content (AvgIpc) is 2.96. The molecule has 3 rings (SSSR count). The molecule has 0 aliphatic carbocycles. The second-order valence-corrected chi connectivity index (χ2v) is 9.04. The van der Waals surface area contributed by atoms with E-state index in [0.29, 0.717) is 11.3 Å². The highest BCUT2D eigenvalue weighted by Gasteiger charge is 2.33. The van der Waals surface area contributed by atoms with Gasteiger partial charge in [0.05, 0.1) is 28.8 Å². The van der Waals surface area contributed by atoms with Crippen LogP contribution in [-0.4, -0.2) is 40.9 Å². The predicted octanol–water partition coefficient (Wildman–Crippen LogP) is 1.86. The maximum Gasteiger partial charge on any atom is 0.271 e. The van der Waals surface area contributed by atoms with Crippen LogP contribution in [0.4, 0.5) is 5.69 Å². The van der Waals surface area contributed by atoms with Crippen molar-refractivity contribution in [3.63, 3.8) is 0 Å². The van der Waals surface area contributed by atoms with Crippen molar-refractivity contribution in [2.45, 2.75) is 26.3 Å². The number of rotatable bonds is 3. The van der Waals surface area contributed by atoms with Crippen molar-refractivity contribution in [3.8, 4) is 17.7 Å². The van der Waals surface area contributed by atoms with Gasteiger partial charge >= 0.3 is 0 Å². The highest BCUT2D eigenvalue weighted by Crippen LogP contribution is 2.30. The van der Waals surface area contributed by atoms with Crippen molar-refractivity contribution >= 4 is 21.7 Å². The van der Waals surface area contributed by atoms with Crippen LogP contribution in [0.2, 0.25) is 0 Å². The highest BCUT2D eigenvalue weighted by molar-refractivity contribution is 7.91. The van der Waals surface area contributed by atoms with Gasteiger partial charge in [-0.25, -0.2) is 8.42 Å². The predicted molar refractivity (Wildman–Crippen MR) is 104 cm³/mol. The number of aromatic nitrogens is 1. The van der Waals surface area contributed by atoms with Crippen molar-refractivity contribution in [1.29, 1.82) is 5.26 Å². The molecule has 0 saturated carbocycles. The largest absolute Gasteiger partial charge is 0.508 e. The number of aromatic hydroxyl groups is 2. The number of benzene rings is 1. The molecule has 1 aromatic carbocycles. The molecule has 0 radical (unpaired) electrons. The first-order valence-electron chi connectivity index (χ1n) is 8.57. The summed E-state index contributed by atoms with van der Waals surface area (Å²) >= 11 is 0. The molecule has 2 N–H and O–H groups in total. The van der Waals surface area contributed by atoms with E-state index in [2.05, 4.69) is 4.99 Å². The van der Waals surface area contributed by atoms with Crippen LogP contribution in [0.5, 0.6) is 11.6 Å². The Kier molecular flexibility index (Phi) is 5.00. The van der Waals surface area contributed by atoms with Crippen molar-refractivity contribution < 1.29 is 18.6 Å². The lowest BCUT2D eigenvalue weighted by atomic mass is 10.0. The summed E-state index contributed by atoms with van der Waals surface area (Å²) in [5, 5.41) is 29.6. The van der Waals surface area contributed by atoms with Gasteiger partial charge in [0.15, 0.2) is 9.84 Å². The van der Waals surface area contributed by atoms with Gasteiger partial charge in [-0.05, 0) is 49.6 Å². The van der Waals surface area contributed by atoms with E-state index >= 15 is 0 Å². The van der Waals surface area contributed by atoms with E-state index < -0.39 is 27.3 Å². The Morgan fingerprint density at radius 3 is 2.61 bits per heavy atom. The number of phenolic OH excluding ortho intramolecular Hbond substituents is 1. The zero-order valence-electron chi connectivity index (χ0n) is 15.4. The van der Waals surface area contributed by atoms with Gasteiger partial charge in [0.25, 0.3) is 5.56 Å². The van der Waals surface area contributed by atoms with Gasteiger partial charge in [0.1, 0.15) is 17.4 Å². The molecule has 1 atom stereocenters. The number of hydrogen-bond acceptors (Lipinski definition) is 7. The second-order valence-electron chi connectivity index (χ2n) is 6.81. The number of sulfone groups is 1. The van der Waals surface area contributed by atoms with Gasteiger partial charge in [0.2, 0.25) is 5.88 Å². The van der Waals surface area contributed by atoms with Gasteiger partial charge in [-0.1, -0.05) is 0 Å². The maximum absolute atomic E-state index is 12.7. The third kappa shape index (κ3) is 3.51. The van der Waals surface area contributed by atoms with E-state index in [4.69, 9.17) is 0 Å². The van der Waals surface area contributed by atoms with E-state index in [9.17, 15) is 28.7 Å². The maximum atomic E-state index is 12.7. The van der Waals surface area contributed by atoms with Crippen LogP contribution in [0, 0.1) is 25.2 Å². The van der Waals surface area contributed by atoms with Crippen LogP contribution in [0.1, 0.15) is 34.7 Å². The molecule has 8 nitrogen and oxygen atoms in total. The SMILES string of the molecule is Cc1cc(O)ccc1N=Cc1c(C)c(C#N)c(=O)n([C@H]2CCS(=O)(=O)C2)c1O. The molecule has 1 aliphatic heterocycles. The first-order chi connectivity index (χ1) is 13.1. The van der Waals surface area contributed by atoms with Crippen LogP contribution >= 0.6 is 0 Å². The molecule has 1 aromatic heterocycles. The molecular weight excluding hydrogens is 382 g/mol. The molecule has 0 bridgehead atoms. The molecule has 0 spiro atoms. The van der Waals surface area contributed by atoms with Gasteiger partial charge < -0.3 is 10.2 Å². The quantitative estimate of drug-likeness (QED) is 0.754. The van der Waals surface area contributed by atoms with Crippen molar-refractivity contribution in [3.05, 3.63) is 50.8 Å². The summed E-state index contributed by atoms with van der Waals surface area (Å²) < 4.78 is 24.6. The number of nitriles is 1. The van der Waals surface area contributed by atoms with Crippen molar-refractivity contribution in [2.24, 2.45) is 4.99 Å². The molecule has 0 unspecified atom stereocenters. The summed E-state index contributed by atoms with van der Waals surface area (Å²) in [5.41, 5.74) is 0.805. The summed E-state index contributed by atoms with van der Waals surface area (Å²) in [6.07, 6.45) is 1.53. The Balaban J connectivity index is 2.16. The molecular formula is C19H19N3O5S. The Hall–Kier alpha value is -3.12. The fourth-order valence-corrected chi connectivity index (χ4v) is 5.03. The summed E-state index contributed by atoms with van der Waals surface area (Å²) in [5.74, 6) is -0.653. The number of aryl methyl sites for hydroxylation is 1. The van der Waals surface area contributed by atoms with E-state index in [-0.39, 0.29) is 40.4 Å². The molecule has 0 amide bonds. The molecule has 2 heterocycles. The summed E-state index contributed by atoms with van der Waals surface area (Å²) in [4.78, 5) is 17.0. The summed E-state index contributed by atoms with van der Waals surface area (Å²) in [6.45, 7) is 3.28. The number of phenols is 1. The third-order valence-corrected chi connectivity index (χ3v) is 6.63. The minimum atomic E-state index is -3.30. The molecule has 146 valence electrons. The van der Waals surface area contributed by atoms with Gasteiger partial charge in [0, 0.05) is 6.21 Å². The number of pyridine rings is 1. The lowest BCUT2D eigenvalue weighted by molar-refractivity contribution is 0.379. The molecule has 1 fully saturated rings. The van der Waals surface area contributed by atoms with Crippen LogP contribution in [0.15, 0.2) is 28.0 Å². The first-order valence-corrected chi connectivity index (χ1v) is 10.4. The standard InChI is InChI=1S/C19H19N3O5S/c1-11-7-14(23)3-4-17(11)21-9-16-12(2)15(8-20)18(24)22(19(16)25)13-5-6-28(26,27)10-13/h3-4,7,9,13,23,25H,5-6,10H2,1-2H3/t13-/m0/s1. The number of aliphatic imine (C=N–C) groups is 1. The topological polar surface area (TPSA) is 133 Å². The average molecular weight is 401 g/mol. The fraction of sp³-hybridized carbons (Fsp3) is 0.316. The van der Waals surface area contributed by atoms with E-state index in [0.717, 1.165) is 4.57 Å².